The summed E-state index contributed by atoms with van der Waals surface area (Å²) in [5.74, 6) is 0.345. The van der Waals surface area contributed by atoms with Crippen molar-refractivity contribution in [2.24, 2.45) is 0 Å². The molecule has 1 aromatic rings. The molecule has 1 N–H and O–H groups in total. The molecule has 0 saturated carbocycles. The van der Waals surface area contributed by atoms with Gasteiger partial charge in [0.05, 0.1) is 23.9 Å². The highest BCUT2D eigenvalue weighted by molar-refractivity contribution is 6.01. The number of rotatable bonds is 3. The average molecular weight is 304 g/mol. The van der Waals surface area contributed by atoms with Crippen LogP contribution in [0.5, 0.6) is 5.75 Å². The van der Waals surface area contributed by atoms with Gasteiger partial charge < -0.3 is 19.7 Å². The van der Waals surface area contributed by atoms with Crippen LogP contribution in [0, 0.1) is 0 Å². The fraction of sp³-hybridized carbons (Fsp3) is 0.500. The molecule has 0 bridgehead atoms. The van der Waals surface area contributed by atoms with Gasteiger partial charge in [0.25, 0.3) is 5.91 Å². The first-order chi connectivity index (χ1) is 10.6. The zero-order valence-electron chi connectivity index (χ0n) is 12.6. The van der Waals surface area contributed by atoms with Crippen molar-refractivity contribution in [1.29, 1.82) is 0 Å². The first-order valence-corrected chi connectivity index (χ1v) is 7.59. The number of amides is 2. The summed E-state index contributed by atoms with van der Waals surface area (Å²) in [4.78, 5) is 25.4. The predicted octanol–water partition coefficient (Wildman–Crippen LogP) is 1.94. The van der Waals surface area contributed by atoms with E-state index >= 15 is 0 Å². The Morgan fingerprint density at radius 2 is 2.27 bits per heavy atom. The molecule has 1 unspecified atom stereocenters. The molecule has 118 valence electrons. The molecule has 2 aliphatic rings. The molecule has 1 saturated heterocycles. The lowest BCUT2D eigenvalue weighted by atomic mass is 10.1. The van der Waals surface area contributed by atoms with Gasteiger partial charge in [0.15, 0.2) is 12.4 Å². The molecule has 2 amide bonds. The van der Waals surface area contributed by atoms with Crippen LogP contribution < -0.4 is 15.0 Å². The van der Waals surface area contributed by atoms with Crippen molar-refractivity contribution in [3.8, 4) is 5.75 Å². The first-order valence-electron chi connectivity index (χ1n) is 7.59. The van der Waals surface area contributed by atoms with E-state index in [1.807, 2.05) is 0 Å². The van der Waals surface area contributed by atoms with E-state index in [-0.39, 0.29) is 24.5 Å². The number of likely N-dealkylation sites (N-methyl/N-ethyl adjacent to an activating group) is 1. The van der Waals surface area contributed by atoms with Crippen molar-refractivity contribution in [3.63, 3.8) is 0 Å². The number of ether oxygens (including phenoxy) is 2. The number of nitrogens with zero attached hydrogens (tertiary/aromatic N) is 1. The molecule has 6 nitrogen and oxygen atoms in total. The Morgan fingerprint density at radius 3 is 3.05 bits per heavy atom. The van der Waals surface area contributed by atoms with Crippen molar-refractivity contribution < 1.29 is 19.1 Å². The van der Waals surface area contributed by atoms with Crippen LogP contribution in [-0.4, -0.2) is 38.2 Å². The smallest absolute Gasteiger partial charge is 0.264 e. The maximum atomic E-state index is 12.2. The van der Waals surface area contributed by atoms with Gasteiger partial charge in [-0.05, 0) is 31.4 Å². The van der Waals surface area contributed by atoms with Gasteiger partial charge in [-0.3, -0.25) is 9.59 Å². The van der Waals surface area contributed by atoms with E-state index in [1.165, 1.54) is 0 Å². The number of carbonyl (C=O) groups is 2. The average Bonchev–Trinajstić information content (AvgIpc) is 2.52. The first kappa shape index (κ1) is 14.8. The molecule has 0 aliphatic carbocycles. The van der Waals surface area contributed by atoms with E-state index < -0.39 is 0 Å². The molecule has 2 heterocycles. The molecule has 1 aromatic carbocycles. The fourth-order valence-electron chi connectivity index (χ4n) is 2.78. The van der Waals surface area contributed by atoms with E-state index in [0.29, 0.717) is 23.5 Å². The summed E-state index contributed by atoms with van der Waals surface area (Å²) in [6.07, 6.45) is 3.44. The SMILES string of the molecule is CN1C(=O)COc2c(NC(=O)CC3CCCCO3)cccc21. The van der Waals surface area contributed by atoms with Crippen LogP contribution in [0.2, 0.25) is 0 Å². The third-order valence-electron chi connectivity index (χ3n) is 4.03. The number of hydrogen-bond acceptors (Lipinski definition) is 4. The third-order valence-corrected chi connectivity index (χ3v) is 4.03. The number of carbonyl (C=O) groups excluding carboxylic acids is 2. The van der Waals surface area contributed by atoms with Crippen molar-refractivity contribution in [2.75, 3.05) is 30.5 Å². The number of benzene rings is 1. The molecule has 0 aromatic heterocycles. The minimum absolute atomic E-state index is 0.00143. The monoisotopic (exact) mass is 304 g/mol. The van der Waals surface area contributed by atoms with Crippen molar-refractivity contribution in [2.45, 2.75) is 31.8 Å². The molecule has 0 spiro atoms. The number of nitrogens with one attached hydrogen (secondary N) is 1. The zero-order valence-corrected chi connectivity index (χ0v) is 12.6. The highest BCUT2D eigenvalue weighted by atomic mass is 16.5. The summed E-state index contributed by atoms with van der Waals surface area (Å²) < 4.78 is 11.1. The Balaban J connectivity index is 1.70. The van der Waals surface area contributed by atoms with Crippen LogP contribution in [0.4, 0.5) is 11.4 Å². The van der Waals surface area contributed by atoms with E-state index in [0.717, 1.165) is 25.9 Å². The summed E-state index contributed by atoms with van der Waals surface area (Å²) in [5.41, 5.74) is 1.26. The fourth-order valence-corrected chi connectivity index (χ4v) is 2.78. The minimum Gasteiger partial charge on any atom is -0.479 e. The van der Waals surface area contributed by atoms with E-state index in [4.69, 9.17) is 9.47 Å². The van der Waals surface area contributed by atoms with Crippen LogP contribution in [0.25, 0.3) is 0 Å². The quantitative estimate of drug-likeness (QED) is 0.926. The molecule has 0 radical (unpaired) electrons. The summed E-state index contributed by atoms with van der Waals surface area (Å²) in [6, 6.07) is 5.37. The Kier molecular flexibility index (Phi) is 4.29. The standard InChI is InChI=1S/C16H20N2O4/c1-18-13-7-4-6-12(16(13)22-10-15(18)20)17-14(19)9-11-5-2-3-8-21-11/h4,6-7,11H,2-3,5,8-10H2,1H3,(H,17,19). The molecule has 6 heteroatoms. The normalized spacial score (nSPS) is 21.0. The van der Waals surface area contributed by atoms with Crippen molar-refractivity contribution in [1.82, 2.24) is 0 Å². The van der Waals surface area contributed by atoms with E-state index in [9.17, 15) is 9.59 Å². The Labute approximate surface area is 129 Å². The second kappa shape index (κ2) is 6.36. The molecular weight excluding hydrogens is 284 g/mol. The largest absolute Gasteiger partial charge is 0.479 e. The topological polar surface area (TPSA) is 67.9 Å². The van der Waals surface area contributed by atoms with Crippen LogP contribution in [-0.2, 0) is 14.3 Å². The van der Waals surface area contributed by atoms with Gasteiger partial charge in [0.1, 0.15) is 0 Å². The lowest BCUT2D eigenvalue weighted by Gasteiger charge is -2.27. The third kappa shape index (κ3) is 3.06. The van der Waals surface area contributed by atoms with E-state index in [1.54, 1.807) is 30.1 Å². The zero-order chi connectivity index (χ0) is 15.5. The highest BCUT2D eigenvalue weighted by Gasteiger charge is 2.25. The number of hydrogen-bond donors (Lipinski definition) is 1. The minimum atomic E-state index is -0.105. The molecule has 1 fully saturated rings. The van der Waals surface area contributed by atoms with Gasteiger partial charge in [-0.1, -0.05) is 6.07 Å². The lowest BCUT2D eigenvalue weighted by Crippen LogP contribution is -2.36. The lowest BCUT2D eigenvalue weighted by molar-refractivity contribution is -0.121. The van der Waals surface area contributed by atoms with E-state index in [2.05, 4.69) is 5.32 Å². The molecule has 3 rings (SSSR count). The second-order valence-corrected chi connectivity index (χ2v) is 5.64. The Morgan fingerprint density at radius 1 is 1.41 bits per heavy atom. The number of fused-ring (bicyclic) bond motifs is 1. The summed E-state index contributed by atoms with van der Waals surface area (Å²) in [6.45, 7) is 0.719. The van der Waals surface area contributed by atoms with Gasteiger partial charge in [-0.25, -0.2) is 0 Å². The van der Waals surface area contributed by atoms with Gasteiger partial charge in [0.2, 0.25) is 5.91 Å². The van der Waals surface area contributed by atoms with Gasteiger partial charge in [-0.2, -0.15) is 0 Å². The molecule has 22 heavy (non-hydrogen) atoms. The Hall–Kier alpha value is -2.08. The number of para-hydroxylation sites is 1. The van der Waals surface area contributed by atoms with Gasteiger partial charge >= 0.3 is 0 Å². The summed E-state index contributed by atoms with van der Waals surface area (Å²) >= 11 is 0. The van der Waals surface area contributed by atoms with Crippen molar-refractivity contribution >= 4 is 23.2 Å². The van der Waals surface area contributed by atoms with Crippen LogP contribution >= 0.6 is 0 Å². The van der Waals surface area contributed by atoms with Crippen LogP contribution in [0.1, 0.15) is 25.7 Å². The van der Waals surface area contributed by atoms with Crippen LogP contribution in [0.3, 0.4) is 0 Å². The molecule has 1 atom stereocenters. The molecular formula is C16H20N2O4. The summed E-state index contributed by atoms with van der Waals surface area (Å²) in [5, 5.41) is 2.87. The van der Waals surface area contributed by atoms with Gasteiger partial charge in [0, 0.05) is 13.7 Å². The predicted molar refractivity (Wildman–Crippen MR) is 82.2 cm³/mol. The number of anilines is 2. The maximum absolute atomic E-state index is 12.2. The van der Waals surface area contributed by atoms with Crippen LogP contribution in [0.15, 0.2) is 18.2 Å². The summed E-state index contributed by atoms with van der Waals surface area (Å²) in [7, 11) is 1.70. The Bertz CT molecular complexity index is 582. The molecule has 2 aliphatic heterocycles. The maximum Gasteiger partial charge on any atom is 0.264 e. The highest BCUT2D eigenvalue weighted by Crippen LogP contribution is 2.38. The second-order valence-electron chi connectivity index (χ2n) is 5.64. The van der Waals surface area contributed by atoms with Crippen molar-refractivity contribution in [3.05, 3.63) is 18.2 Å². The van der Waals surface area contributed by atoms with Gasteiger partial charge in [-0.15, -0.1) is 0 Å².